The maximum Gasteiger partial charge on any atom is 0.152 e. The predicted octanol–water partition coefficient (Wildman–Crippen LogP) is 3.22. The van der Waals surface area contributed by atoms with Crippen molar-refractivity contribution in [2.45, 2.75) is 0 Å². The lowest BCUT2D eigenvalue weighted by Crippen LogP contribution is -1.97. The normalized spacial score (nSPS) is 11.1. The van der Waals surface area contributed by atoms with E-state index < -0.39 is 5.82 Å². The highest BCUT2D eigenvalue weighted by molar-refractivity contribution is 6.31. The van der Waals surface area contributed by atoms with Gasteiger partial charge >= 0.3 is 0 Å². The van der Waals surface area contributed by atoms with E-state index in [-0.39, 0.29) is 22.0 Å². The number of halogens is 2. The van der Waals surface area contributed by atoms with Crippen molar-refractivity contribution < 1.29 is 9.50 Å². The molecule has 0 aliphatic rings. The van der Waals surface area contributed by atoms with Crippen LogP contribution in [0.25, 0.3) is 0 Å². The van der Waals surface area contributed by atoms with Gasteiger partial charge in [-0.05, 0) is 24.3 Å². The summed E-state index contributed by atoms with van der Waals surface area (Å²) in [6.45, 7) is 0. The fourth-order valence-electron chi connectivity index (χ4n) is 1.42. The highest BCUT2D eigenvalue weighted by Crippen LogP contribution is 2.23. The van der Waals surface area contributed by atoms with Crippen LogP contribution in [-0.2, 0) is 0 Å². The van der Waals surface area contributed by atoms with Crippen molar-refractivity contribution in [2.75, 3.05) is 0 Å². The molecule has 0 spiro atoms. The van der Waals surface area contributed by atoms with E-state index >= 15 is 0 Å². The van der Waals surface area contributed by atoms with Crippen LogP contribution in [-0.4, -0.2) is 15.8 Å². The number of hydrogen-bond donors (Lipinski definition) is 1. The molecular weight excluding hydrogens is 269 g/mol. The van der Waals surface area contributed by atoms with Crippen LogP contribution in [0.15, 0.2) is 41.7 Å². The van der Waals surface area contributed by atoms with Crippen LogP contribution in [0.5, 0.6) is 5.75 Å². The van der Waals surface area contributed by atoms with E-state index in [0.29, 0.717) is 5.69 Å². The third kappa shape index (κ3) is 2.87. The Morgan fingerprint density at radius 1 is 1.42 bits per heavy atom. The molecule has 0 aliphatic heterocycles. The van der Waals surface area contributed by atoms with Gasteiger partial charge in [-0.2, -0.15) is 5.26 Å². The van der Waals surface area contributed by atoms with Crippen molar-refractivity contribution in [1.82, 2.24) is 4.98 Å². The Morgan fingerprint density at radius 2 is 2.21 bits per heavy atom. The number of nitriles is 1. The van der Waals surface area contributed by atoms with Crippen LogP contribution in [0.3, 0.4) is 0 Å². The van der Waals surface area contributed by atoms with Gasteiger partial charge in [-0.15, -0.1) is 0 Å². The topological polar surface area (TPSA) is 69.3 Å². The van der Waals surface area contributed by atoms with Crippen molar-refractivity contribution in [3.63, 3.8) is 0 Å². The Hall–Kier alpha value is -2.45. The second kappa shape index (κ2) is 5.46. The van der Waals surface area contributed by atoms with E-state index in [2.05, 4.69) is 9.98 Å². The molecule has 1 aromatic carbocycles. The van der Waals surface area contributed by atoms with Crippen LogP contribution < -0.4 is 0 Å². The highest BCUT2D eigenvalue weighted by Gasteiger charge is 2.09. The average Bonchev–Trinajstić information content (AvgIpc) is 2.41. The minimum atomic E-state index is -0.564. The molecule has 0 radical (unpaired) electrons. The molecule has 1 aromatic heterocycles. The van der Waals surface area contributed by atoms with Crippen molar-refractivity contribution in [3.8, 4) is 11.8 Å². The van der Waals surface area contributed by atoms with E-state index in [4.69, 9.17) is 16.9 Å². The Bertz CT molecular complexity index is 695. The molecule has 0 saturated carbocycles. The number of aromatic nitrogens is 1. The van der Waals surface area contributed by atoms with E-state index in [0.717, 1.165) is 6.07 Å². The minimum Gasteiger partial charge on any atom is -0.506 e. The first-order valence-corrected chi connectivity index (χ1v) is 5.57. The Kier molecular flexibility index (Phi) is 3.74. The lowest BCUT2D eigenvalue weighted by molar-refractivity contribution is 0.471. The Labute approximate surface area is 113 Å². The second-order valence-corrected chi connectivity index (χ2v) is 3.97. The quantitative estimate of drug-likeness (QED) is 0.856. The zero-order valence-corrected chi connectivity index (χ0v) is 10.3. The van der Waals surface area contributed by atoms with E-state index in [1.165, 1.54) is 30.6 Å². The molecule has 4 nitrogen and oxygen atoms in total. The van der Waals surface area contributed by atoms with Gasteiger partial charge in [0, 0.05) is 6.20 Å². The van der Waals surface area contributed by atoms with Crippen molar-refractivity contribution >= 4 is 23.0 Å². The summed E-state index contributed by atoms with van der Waals surface area (Å²) in [5, 5.41) is 18.6. The Morgan fingerprint density at radius 3 is 2.84 bits per heavy atom. The highest BCUT2D eigenvalue weighted by atomic mass is 35.5. The van der Waals surface area contributed by atoms with Gasteiger partial charge in [0.2, 0.25) is 0 Å². The van der Waals surface area contributed by atoms with Gasteiger partial charge in [-0.1, -0.05) is 11.6 Å². The zero-order chi connectivity index (χ0) is 13.8. The van der Waals surface area contributed by atoms with Crippen LogP contribution in [0.1, 0.15) is 5.56 Å². The molecule has 1 N–H and O–H groups in total. The molecule has 0 aliphatic carbocycles. The standard InChI is InChI=1S/C13H7ClFN3O/c14-10-5-8(1-2-11(10)15)18-12(6-16)9-3-4-17-7-13(9)19/h1-5,7,19H/b18-12+. The van der Waals surface area contributed by atoms with Crippen molar-refractivity contribution in [1.29, 1.82) is 5.26 Å². The van der Waals surface area contributed by atoms with Crippen LogP contribution in [0.4, 0.5) is 10.1 Å². The second-order valence-electron chi connectivity index (χ2n) is 3.56. The monoisotopic (exact) mass is 275 g/mol. The average molecular weight is 276 g/mol. The minimum absolute atomic E-state index is 0.0115. The van der Waals surface area contributed by atoms with Crippen molar-refractivity contribution in [3.05, 3.63) is 53.1 Å². The van der Waals surface area contributed by atoms with Crippen LogP contribution >= 0.6 is 11.6 Å². The largest absolute Gasteiger partial charge is 0.506 e. The SMILES string of the molecule is N#C/C(=N\c1ccc(F)c(Cl)c1)c1ccncc1O. The summed E-state index contributed by atoms with van der Waals surface area (Å²) < 4.78 is 13.0. The van der Waals surface area contributed by atoms with Gasteiger partial charge in [0.25, 0.3) is 0 Å². The molecule has 1 heterocycles. The zero-order valence-electron chi connectivity index (χ0n) is 9.51. The first kappa shape index (κ1) is 13.0. The first-order valence-electron chi connectivity index (χ1n) is 5.19. The molecule has 2 aromatic rings. The smallest absolute Gasteiger partial charge is 0.152 e. The summed E-state index contributed by atoms with van der Waals surface area (Å²) in [6.07, 6.45) is 2.64. The number of hydrogen-bond acceptors (Lipinski definition) is 4. The molecule has 0 fully saturated rings. The van der Waals surface area contributed by atoms with Crippen molar-refractivity contribution in [2.24, 2.45) is 4.99 Å². The molecular formula is C13H7ClFN3O. The van der Waals surface area contributed by atoms with E-state index in [1.54, 1.807) is 0 Å². The fourth-order valence-corrected chi connectivity index (χ4v) is 1.59. The maximum absolute atomic E-state index is 13.0. The summed E-state index contributed by atoms with van der Waals surface area (Å²) in [4.78, 5) is 7.74. The third-order valence-corrected chi connectivity index (χ3v) is 2.59. The molecule has 2 rings (SSSR count). The molecule has 0 bridgehead atoms. The number of pyridine rings is 1. The van der Waals surface area contributed by atoms with E-state index in [9.17, 15) is 9.50 Å². The van der Waals surface area contributed by atoms with Gasteiger partial charge in [0.15, 0.2) is 5.71 Å². The molecule has 19 heavy (non-hydrogen) atoms. The van der Waals surface area contributed by atoms with Gasteiger partial charge < -0.3 is 5.11 Å². The van der Waals surface area contributed by atoms with Gasteiger partial charge in [0.1, 0.15) is 17.6 Å². The molecule has 0 unspecified atom stereocenters. The molecule has 0 saturated heterocycles. The lowest BCUT2D eigenvalue weighted by Gasteiger charge is -2.02. The molecule has 94 valence electrons. The summed E-state index contributed by atoms with van der Waals surface area (Å²) in [5.41, 5.74) is 0.555. The third-order valence-electron chi connectivity index (χ3n) is 2.31. The predicted molar refractivity (Wildman–Crippen MR) is 69.1 cm³/mol. The number of rotatable bonds is 2. The molecule has 6 heteroatoms. The summed E-state index contributed by atoms with van der Waals surface area (Å²) in [7, 11) is 0. The van der Waals surface area contributed by atoms with E-state index in [1.807, 2.05) is 6.07 Å². The fraction of sp³-hybridized carbons (Fsp3) is 0. The summed E-state index contributed by atoms with van der Waals surface area (Å²) >= 11 is 5.63. The van der Waals surface area contributed by atoms with Gasteiger partial charge in [-0.3, -0.25) is 4.98 Å². The number of aliphatic imine (C=N–C) groups is 1. The molecule has 0 amide bonds. The number of benzene rings is 1. The first-order chi connectivity index (χ1) is 9.11. The summed E-state index contributed by atoms with van der Waals surface area (Å²) in [5.74, 6) is -0.720. The van der Waals surface area contributed by atoms with Gasteiger partial charge in [-0.25, -0.2) is 9.38 Å². The lowest BCUT2D eigenvalue weighted by atomic mass is 10.1. The Balaban J connectivity index is 2.48. The molecule has 0 atom stereocenters. The number of aromatic hydroxyl groups is 1. The summed E-state index contributed by atoms with van der Waals surface area (Å²) in [6, 6.07) is 7.17. The van der Waals surface area contributed by atoms with Crippen LogP contribution in [0.2, 0.25) is 5.02 Å². The van der Waals surface area contributed by atoms with Crippen LogP contribution in [0, 0.1) is 17.1 Å². The van der Waals surface area contributed by atoms with Gasteiger partial charge in [0.05, 0.1) is 22.5 Å². The maximum atomic E-state index is 13.0. The number of nitrogens with zero attached hydrogens (tertiary/aromatic N) is 3.